The fourth-order valence-electron chi connectivity index (χ4n) is 2.51. The molecule has 0 fully saturated rings. The molecule has 23 heavy (non-hydrogen) atoms. The number of hydrogen-bond acceptors (Lipinski definition) is 4. The molecule has 2 aliphatic rings. The number of nitrogens with zero attached hydrogens (tertiary/aromatic N) is 2. The maximum atomic E-state index is 12.7. The number of fused-ring (bicyclic) bond motifs is 1. The van der Waals surface area contributed by atoms with Crippen molar-refractivity contribution in [3.8, 4) is 0 Å². The highest BCUT2D eigenvalue weighted by Crippen LogP contribution is 2.28. The molecule has 2 unspecified atom stereocenters. The lowest BCUT2D eigenvalue weighted by atomic mass is 10.1. The molecule has 6 nitrogen and oxygen atoms in total. The standard InChI is InChI=1S/C16H23N3O3S/c1-5-11(4)17-13(20)9-18-12-6-7-23-14(12)15(21)19(16(18)22)8-10(2)3/h6-7,10-11,14H,5,8-9H2,1-4H3/p+1. The summed E-state index contributed by atoms with van der Waals surface area (Å²) in [7, 11) is 0. The van der Waals surface area contributed by atoms with E-state index in [1.807, 2.05) is 33.1 Å². The van der Waals surface area contributed by atoms with Crippen LogP contribution in [0.1, 0.15) is 34.1 Å². The van der Waals surface area contributed by atoms with E-state index in [0.717, 1.165) is 6.42 Å². The lowest BCUT2D eigenvalue weighted by Crippen LogP contribution is -2.57. The number of hydrogen-bond donors (Lipinski definition) is 1. The van der Waals surface area contributed by atoms with Crippen LogP contribution in [-0.4, -0.2) is 57.4 Å². The van der Waals surface area contributed by atoms with Gasteiger partial charge in [-0.1, -0.05) is 20.8 Å². The molecule has 0 radical (unpaired) electrons. The molecule has 7 heteroatoms. The SMILES string of the molecule is CCC(C)NC(=O)C[N+]1=C2C=CSC2C(=O)N(CC(C)C)C1=O. The van der Waals surface area contributed by atoms with Crippen LogP contribution in [-0.2, 0) is 9.59 Å². The number of imide groups is 1. The predicted molar refractivity (Wildman–Crippen MR) is 90.5 cm³/mol. The minimum absolute atomic E-state index is 0.0538. The summed E-state index contributed by atoms with van der Waals surface area (Å²) in [6.07, 6.45) is 2.58. The van der Waals surface area contributed by atoms with Crippen LogP contribution < -0.4 is 5.32 Å². The highest BCUT2D eigenvalue weighted by atomic mass is 32.2. The van der Waals surface area contributed by atoms with E-state index in [9.17, 15) is 14.4 Å². The summed E-state index contributed by atoms with van der Waals surface area (Å²) in [5, 5.41) is 4.26. The maximum Gasteiger partial charge on any atom is 0.501 e. The minimum atomic E-state index is -0.414. The molecule has 0 bridgehead atoms. The molecule has 0 aromatic rings. The Kier molecular flexibility index (Phi) is 5.62. The molecule has 2 aliphatic heterocycles. The first-order chi connectivity index (χ1) is 10.8. The van der Waals surface area contributed by atoms with Crippen molar-refractivity contribution in [2.75, 3.05) is 13.1 Å². The van der Waals surface area contributed by atoms with Crippen molar-refractivity contribution >= 4 is 35.3 Å². The van der Waals surface area contributed by atoms with Crippen LogP contribution in [0.25, 0.3) is 0 Å². The summed E-state index contributed by atoms with van der Waals surface area (Å²) in [5.41, 5.74) is 0.615. The number of thioether (sulfide) groups is 1. The Bertz CT molecular complexity index is 583. The van der Waals surface area contributed by atoms with E-state index in [0.29, 0.717) is 12.3 Å². The highest BCUT2D eigenvalue weighted by molar-refractivity contribution is 8.04. The predicted octanol–water partition coefficient (Wildman–Crippen LogP) is 1.60. The number of carbonyl (C=O) groups excluding carboxylic acids is 3. The third-order valence-corrected chi connectivity index (χ3v) is 4.86. The van der Waals surface area contributed by atoms with Gasteiger partial charge in [-0.25, -0.2) is 4.79 Å². The molecule has 0 spiro atoms. The van der Waals surface area contributed by atoms with Crippen LogP contribution in [0, 0.1) is 5.92 Å². The van der Waals surface area contributed by atoms with E-state index in [1.54, 1.807) is 6.08 Å². The maximum absolute atomic E-state index is 12.7. The number of urea groups is 1. The zero-order valence-corrected chi connectivity index (χ0v) is 14.9. The molecule has 0 saturated heterocycles. The number of nitrogens with one attached hydrogen (secondary N) is 1. The summed E-state index contributed by atoms with van der Waals surface area (Å²) in [5.74, 6) is -0.213. The van der Waals surface area contributed by atoms with Crippen LogP contribution in [0.15, 0.2) is 11.5 Å². The molecule has 1 N–H and O–H groups in total. The summed E-state index contributed by atoms with van der Waals surface area (Å²) >= 11 is 1.38. The molecule has 0 saturated carbocycles. The molecule has 0 aromatic carbocycles. The van der Waals surface area contributed by atoms with Gasteiger partial charge in [0, 0.05) is 6.04 Å². The van der Waals surface area contributed by atoms with Crippen LogP contribution in [0.2, 0.25) is 0 Å². The van der Waals surface area contributed by atoms with Gasteiger partial charge in [0.15, 0.2) is 11.8 Å². The van der Waals surface area contributed by atoms with Gasteiger partial charge in [-0.2, -0.15) is 14.3 Å². The lowest BCUT2D eigenvalue weighted by Gasteiger charge is -2.25. The quantitative estimate of drug-likeness (QED) is 0.747. The van der Waals surface area contributed by atoms with Crippen molar-refractivity contribution in [3.63, 3.8) is 0 Å². The van der Waals surface area contributed by atoms with Gasteiger partial charge in [0.25, 0.3) is 5.91 Å². The van der Waals surface area contributed by atoms with Gasteiger partial charge < -0.3 is 5.32 Å². The zero-order valence-electron chi connectivity index (χ0n) is 14.0. The second-order valence-corrected chi connectivity index (χ2v) is 7.35. The van der Waals surface area contributed by atoms with Gasteiger partial charge in [0.2, 0.25) is 0 Å². The number of amides is 4. The average molecular weight is 338 g/mol. The second kappa shape index (κ2) is 7.29. The fourth-order valence-corrected chi connectivity index (χ4v) is 3.48. The highest BCUT2D eigenvalue weighted by Gasteiger charge is 2.49. The smallest absolute Gasteiger partial charge is 0.350 e. The Labute approximate surface area is 141 Å². The van der Waals surface area contributed by atoms with Crippen LogP contribution in [0.3, 0.4) is 0 Å². The Morgan fingerprint density at radius 3 is 2.70 bits per heavy atom. The summed E-state index contributed by atoms with van der Waals surface area (Å²) < 4.78 is 1.43. The van der Waals surface area contributed by atoms with E-state index < -0.39 is 11.3 Å². The monoisotopic (exact) mass is 338 g/mol. The molecular weight excluding hydrogens is 314 g/mol. The Morgan fingerprint density at radius 1 is 1.39 bits per heavy atom. The van der Waals surface area contributed by atoms with Crippen molar-refractivity contribution in [2.24, 2.45) is 5.92 Å². The molecule has 0 aliphatic carbocycles. The molecule has 2 heterocycles. The fraction of sp³-hybridized carbons (Fsp3) is 0.625. The first-order valence-electron chi connectivity index (χ1n) is 7.96. The lowest BCUT2D eigenvalue weighted by molar-refractivity contribution is -0.426. The average Bonchev–Trinajstić information content (AvgIpc) is 2.97. The first-order valence-corrected chi connectivity index (χ1v) is 8.90. The van der Waals surface area contributed by atoms with Crippen LogP contribution >= 0.6 is 11.8 Å². The van der Waals surface area contributed by atoms with Crippen molar-refractivity contribution in [1.29, 1.82) is 0 Å². The Balaban J connectivity index is 2.25. The number of allylic oxidation sites excluding steroid dienone is 1. The Morgan fingerprint density at radius 2 is 2.09 bits per heavy atom. The normalized spacial score (nSPS) is 22.0. The third kappa shape index (κ3) is 3.83. The topological polar surface area (TPSA) is 69.5 Å². The molecule has 4 amide bonds. The van der Waals surface area contributed by atoms with E-state index >= 15 is 0 Å². The molecule has 2 rings (SSSR count). The van der Waals surface area contributed by atoms with Gasteiger partial charge in [0.1, 0.15) is 5.71 Å². The van der Waals surface area contributed by atoms with Crippen LogP contribution in [0.4, 0.5) is 4.79 Å². The van der Waals surface area contributed by atoms with E-state index in [2.05, 4.69) is 5.32 Å². The molecule has 0 aromatic heterocycles. The van der Waals surface area contributed by atoms with Crippen molar-refractivity contribution < 1.29 is 19.0 Å². The van der Waals surface area contributed by atoms with E-state index in [1.165, 1.54) is 21.2 Å². The van der Waals surface area contributed by atoms with Gasteiger partial charge in [-0.3, -0.25) is 4.79 Å². The molecular formula is C16H24N3O3S+. The van der Waals surface area contributed by atoms with Gasteiger partial charge in [-0.05, 0) is 30.7 Å². The van der Waals surface area contributed by atoms with Gasteiger partial charge in [0.05, 0.1) is 6.54 Å². The summed E-state index contributed by atoms with van der Waals surface area (Å²) in [4.78, 5) is 38.6. The number of rotatable bonds is 6. The summed E-state index contributed by atoms with van der Waals surface area (Å²) in [6.45, 7) is 8.14. The van der Waals surface area contributed by atoms with Gasteiger partial charge in [-0.15, -0.1) is 11.8 Å². The zero-order chi connectivity index (χ0) is 17.1. The van der Waals surface area contributed by atoms with E-state index in [4.69, 9.17) is 0 Å². The number of carbonyl (C=O) groups is 3. The van der Waals surface area contributed by atoms with Crippen molar-refractivity contribution in [2.45, 2.75) is 45.4 Å². The molecule has 2 atom stereocenters. The van der Waals surface area contributed by atoms with Crippen molar-refractivity contribution in [3.05, 3.63) is 11.5 Å². The molecule has 126 valence electrons. The van der Waals surface area contributed by atoms with E-state index in [-0.39, 0.29) is 30.3 Å². The first kappa shape index (κ1) is 17.7. The van der Waals surface area contributed by atoms with Crippen LogP contribution in [0.5, 0.6) is 0 Å². The second-order valence-electron chi connectivity index (χ2n) is 6.33. The largest absolute Gasteiger partial charge is 0.501 e. The minimum Gasteiger partial charge on any atom is -0.350 e. The van der Waals surface area contributed by atoms with Gasteiger partial charge >= 0.3 is 11.9 Å². The third-order valence-electron chi connectivity index (χ3n) is 3.86. The Hall–Kier alpha value is -1.63. The summed E-state index contributed by atoms with van der Waals surface area (Å²) in [6, 6.07) is -0.341. The van der Waals surface area contributed by atoms with Crippen molar-refractivity contribution in [1.82, 2.24) is 10.2 Å².